The standard InChI is InChI=1S/C22H15ClFN7O2/c1-12-2-3-13(10-17(12)23)18-9-8-16(32-18)11-25-29-20-19(26-15-6-4-14(24)5-7-15)27-21-22(28-20)31-33-30-21/h2-11H,1H3,(H,26,27,30)(H,28,29,31)/b25-11+. The Balaban J connectivity index is 1.37. The first kappa shape index (κ1) is 20.6. The molecule has 164 valence electrons. The molecule has 0 saturated carbocycles. The van der Waals surface area contributed by atoms with Gasteiger partial charge in [0, 0.05) is 16.3 Å². The number of benzene rings is 2. The van der Waals surface area contributed by atoms with Crippen LogP contribution in [0.4, 0.5) is 21.7 Å². The molecule has 5 aromatic rings. The molecule has 33 heavy (non-hydrogen) atoms. The predicted octanol–water partition coefficient (Wildman–Crippen LogP) is 5.56. The van der Waals surface area contributed by atoms with Gasteiger partial charge in [0.05, 0.1) is 6.21 Å². The van der Waals surface area contributed by atoms with Crippen LogP contribution in [-0.4, -0.2) is 26.5 Å². The molecule has 0 aliphatic rings. The second-order valence-electron chi connectivity index (χ2n) is 7.00. The van der Waals surface area contributed by atoms with E-state index in [1.165, 1.54) is 18.3 Å². The van der Waals surface area contributed by atoms with Crippen LogP contribution in [0, 0.1) is 12.7 Å². The van der Waals surface area contributed by atoms with Crippen molar-refractivity contribution in [2.24, 2.45) is 5.10 Å². The molecular formula is C22H15ClFN7O2. The number of furan rings is 1. The van der Waals surface area contributed by atoms with Gasteiger partial charge in [0.15, 0.2) is 11.6 Å². The lowest BCUT2D eigenvalue weighted by molar-refractivity contribution is 0.314. The molecule has 0 atom stereocenters. The normalized spacial score (nSPS) is 11.4. The molecule has 11 heteroatoms. The number of anilines is 3. The molecule has 3 heterocycles. The fraction of sp³-hybridized carbons (Fsp3) is 0.0455. The van der Waals surface area contributed by atoms with Gasteiger partial charge in [-0.05, 0) is 65.3 Å². The number of hydrogen-bond acceptors (Lipinski definition) is 9. The summed E-state index contributed by atoms with van der Waals surface area (Å²) in [5.41, 5.74) is 5.67. The number of aromatic nitrogens is 4. The highest BCUT2D eigenvalue weighted by Crippen LogP contribution is 2.27. The number of hydrogen-bond donors (Lipinski definition) is 2. The van der Waals surface area contributed by atoms with E-state index in [2.05, 4.69) is 40.8 Å². The zero-order valence-electron chi connectivity index (χ0n) is 17.1. The van der Waals surface area contributed by atoms with Crippen molar-refractivity contribution in [3.05, 3.63) is 76.8 Å². The minimum absolute atomic E-state index is 0.203. The molecule has 0 fully saturated rings. The summed E-state index contributed by atoms with van der Waals surface area (Å²) in [4.78, 5) is 8.64. The van der Waals surface area contributed by atoms with E-state index in [0.717, 1.165) is 11.1 Å². The van der Waals surface area contributed by atoms with Crippen molar-refractivity contribution >= 4 is 46.4 Å². The highest BCUT2D eigenvalue weighted by atomic mass is 35.5. The summed E-state index contributed by atoms with van der Waals surface area (Å²) < 4.78 is 23.7. The zero-order valence-corrected chi connectivity index (χ0v) is 17.8. The van der Waals surface area contributed by atoms with E-state index >= 15 is 0 Å². The van der Waals surface area contributed by atoms with Crippen LogP contribution >= 0.6 is 11.6 Å². The molecule has 2 N–H and O–H groups in total. The topological polar surface area (TPSA) is 114 Å². The highest BCUT2D eigenvalue weighted by molar-refractivity contribution is 6.31. The Morgan fingerprint density at radius 2 is 1.73 bits per heavy atom. The Bertz CT molecular complexity index is 1460. The van der Waals surface area contributed by atoms with Crippen molar-refractivity contribution in [2.45, 2.75) is 6.92 Å². The zero-order chi connectivity index (χ0) is 22.8. The first-order chi connectivity index (χ1) is 16.0. The van der Waals surface area contributed by atoms with Crippen molar-refractivity contribution in [3.8, 4) is 11.3 Å². The number of nitrogens with one attached hydrogen (secondary N) is 2. The quantitative estimate of drug-likeness (QED) is 0.248. The van der Waals surface area contributed by atoms with Gasteiger partial charge in [-0.15, -0.1) is 0 Å². The van der Waals surface area contributed by atoms with Crippen molar-refractivity contribution in [1.29, 1.82) is 0 Å². The summed E-state index contributed by atoms with van der Waals surface area (Å²) in [6.07, 6.45) is 1.49. The molecule has 5 rings (SSSR count). The first-order valence-electron chi connectivity index (χ1n) is 9.73. The molecule has 0 amide bonds. The molecule has 0 saturated heterocycles. The average Bonchev–Trinajstić information content (AvgIpc) is 3.46. The molecule has 0 aliphatic carbocycles. The summed E-state index contributed by atoms with van der Waals surface area (Å²) in [7, 11) is 0. The van der Waals surface area contributed by atoms with E-state index in [4.69, 9.17) is 16.0 Å². The SMILES string of the molecule is Cc1ccc(-c2ccc(/C=N/Nc3nc4nonc4nc3Nc3ccc(F)cc3)o2)cc1Cl. The number of fused-ring (bicyclic) bond motifs is 1. The summed E-state index contributed by atoms with van der Waals surface area (Å²) in [6, 6.07) is 15.1. The van der Waals surface area contributed by atoms with Crippen LogP contribution in [0.3, 0.4) is 0 Å². The van der Waals surface area contributed by atoms with Crippen LogP contribution in [-0.2, 0) is 0 Å². The maximum absolute atomic E-state index is 13.2. The van der Waals surface area contributed by atoms with Crippen LogP contribution in [0.25, 0.3) is 22.6 Å². The maximum atomic E-state index is 13.2. The van der Waals surface area contributed by atoms with Crippen molar-refractivity contribution in [3.63, 3.8) is 0 Å². The van der Waals surface area contributed by atoms with Crippen LogP contribution in [0.5, 0.6) is 0 Å². The third-order valence-corrected chi connectivity index (χ3v) is 5.07. The lowest BCUT2D eigenvalue weighted by Gasteiger charge is -2.09. The number of halogens is 2. The van der Waals surface area contributed by atoms with E-state index in [1.807, 2.05) is 31.2 Å². The van der Waals surface area contributed by atoms with Gasteiger partial charge < -0.3 is 9.73 Å². The van der Waals surface area contributed by atoms with Gasteiger partial charge >= 0.3 is 0 Å². The summed E-state index contributed by atoms with van der Waals surface area (Å²) >= 11 is 6.20. The minimum Gasteiger partial charge on any atom is -0.455 e. The molecule has 0 unspecified atom stereocenters. The van der Waals surface area contributed by atoms with Crippen LogP contribution in [0.15, 0.2) is 68.7 Å². The van der Waals surface area contributed by atoms with Gasteiger partial charge in [0.25, 0.3) is 0 Å². The van der Waals surface area contributed by atoms with Crippen molar-refractivity contribution in [2.75, 3.05) is 10.7 Å². The second-order valence-corrected chi connectivity index (χ2v) is 7.41. The molecule has 0 bridgehead atoms. The van der Waals surface area contributed by atoms with Gasteiger partial charge in [-0.3, -0.25) is 5.43 Å². The lowest BCUT2D eigenvalue weighted by Crippen LogP contribution is -2.03. The van der Waals surface area contributed by atoms with Crippen LogP contribution < -0.4 is 10.7 Å². The fourth-order valence-corrected chi connectivity index (χ4v) is 3.13. The molecule has 3 aromatic heterocycles. The second kappa shape index (κ2) is 8.67. The Labute approximate surface area is 191 Å². The number of hydrazone groups is 1. The van der Waals surface area contributed by atoms with Crippen LogP contribution in [0.1, 0.15) is 11.3 Å². The Hall–Kier alpha value is -4.31. The predicted molar refractivity (Wildman–Crippen MR) is 122 cm³/mol. The van der Waals surface area contributed by atoms with E-state index in [0.29, 0.717) is 28.0 Å². The van der Waals surface area contributed by atoms with E-state index in [-0.39, 0.29) is 22.9 Å². The Morgan fingerprint density at radius 1 is 0.970 bits per heavy atom. The smallest absolute Gasteiger partial charge is 0.245 e. The van der Waals surface area contributed by atoms with Crippen LogP contribution in [0.2, 0.25) is 5.02 Å². The molecule has 2 aromatic carbocycles. The lowest BCUT2D eigenvalue weighted by atomic mass is 10.1. The maximum Gasteiger partial charge on any atom is 0.245 e. The monoisotopic (exact) mass is 463 g/mol. The summed E-state index contributed by atoms with van der Waals surface area (Å²) in [5.74, 6) is 1.38. The molecular weight excluding hydrogens is 449 g/mol. The largest absolute Gasteiger partial charge is 0.455 e. The number of nitrogens with zero attached hydrogens (tertiary/aromatic N) is 5. The molecule has 0 aliphatic heterocycles. The number of aryl methyl sites for hydroxylation is 1. The molecule has 9 nitrogen and oxygen atoms in total. The highest BCUT2D eigenvalue weighted by Gasteiger charge is 2.13. The van der Waals surface area contributed by atoms with E-state index in [1.54, 1.807) is 18.2 Å². The minimum atomic E-state index is -0.350. The van der Waals surface area contributed by atoms with Crippen molar-refractivity contribution < 1.29 is 13.4 Å². The third-order valence-electron chi connectivity index (χ3n) is 4.67. The Morgan fingerprint density at radius 3 is 2.48 bits per heavy atom. The van der Waals surface area contributed by atoms with Gasteiger partial charge in [-0.2, -0.15) is 10.1 Å². The van der Waals surface area contributed by atoms with Gasteiger partial charge in [0.2, 0.25) is 11.3 Å². The van der Waals surface area contributed by atoms with Crippen molar-refractivity contribution in [1.82, 2.24) is 20.3 Å². The first-order valence-corrected chi connectivity index (χ1v) is 10.1. The molecule has 0 radical (unpaired) electrons. The van der Waals surface area contributed by atoms with Gasteiger partial charge in [0.1, 0.15) is 17.3 Å². The molecule has 0 spiro atoms. The Kier molecular flexibility index (Phi) is 5.41. The van der Waals surface area contributed by atoms with Gasteiger partial charge in [-0.25, -0.2) is 14.0 Å². The van der Waals surface area contributed by atoms with Gasteiger partial charge in [-0.1, -0.05) is 23.7 Å². The summed E-state index contributed by atoms with van der Waals surface area (Å²) in [5, 5.41) is 15.3. The fourth-order valence-electron chi connectivity index (χ4n) is 2.95. The van der Waals surface area contributed by atoms with E-state index in [9.17, 15) is 4.39 Å². The van der Waals surface area contributed by atoms with E-state index < -0.39 is 0 Å². The average molecular weight is 464 g/mol. The number of rotatable bonds is 6. The summed E-state index contributed by atoms with van der Waals surface area (Å²) in [6.45, 7) is 1.94. The third kappa shape index (κ3) is 4.51.